The van der Waals surface area contributed by atoms with Crippen molar-refractivity contribution in [2.24, 2.45) is 4.99 Å². The number of sulfonamides is 1. The average molecular weight is 511 g/mol. The standard InChI is InChI=1S/C17H17ClFN3O3S2.BrH/c1-22(2)27(24,25)15-9-11(3-8-14(15)18)17(23)10-26-16(21-17)20-13-6-4-12(19)5-7-13;/h3-9,23H,10H2,1-2H3,(H,20,21);1H. The van der Waals surface area contributed by atoms with Crippen LogP contribution in [-0.4, -0.2) is 42.8 Å². The molecule has 1 unspecified atom stereocenters. The van der Waals surface area contributed by atoms with Gasteiger partial charge in [0.25, 0.3) is 0 Å². The number of hydrogen-bond acceptors (Lipinski definition) is 5. The molecule has 6 nitrogen and oxygen atoms in total. The normalized spacial score (nSPS) is 20.9. The van der Waals surface area contributed by atoms with Gasteiger partial charge in [0.05, 0.1) is 16.5 Å². The summed E-state index contributed by atoms with van der Waals surface area (Å²) in [5.74, 6) is -0.144. The zero-order valence-electron chi connectivity index (χ0n) is 14.9. The molecule has 1 aliphatic rings. The first-order chi connectivity index (χ1) is 12.6. The Kier molecular flexibility index (Phi) is 7.17. The molecule has 3 rings (SSSR count). The third kappa shape index (κ3) is 4.69. The maximum Gasteiger partial charge on any atom is 0.244 e. The van der Waals surface area contributed by atoms with Crippen molar-refractivity contribution < 1.29 is 17.9 Å². The average Bonchev–Trinajstić information content (AvgIpc) is 2.99. The second-order valence-electron chi connectivity index (χ2n) is 6.10. The molecular formula is C17H18BrClFN3O3S2. The maximum atomic E-state index is 13.0. The summed E-state index contributed by atoms with van der Waals surface area (Å²) in [4.78, 5) is 4.24. The van der Waals surface area contributed by atoms with E-state index >= 15 is 0 Å². The zero-order chi connectivity index (χ0) is 19.8. The van der Waals surface area contributed by atoms with Crippen LogP contribution in [0.3, 0.4) is 0 Å². The smallest absolute Gasteiger partial charge is 0.244 e. The lowest BCUT2D eigenvalue weighted by atomic mass is 10.1. The molecule has 152 valence electrons. The first kappa shape index (κ1) is 23.1. The summed E-state index contributed by atoms with van der Waals surface area (Å²) in [5.41, 5.74) is -0.628. The highest BCUT2D eigenvalue weighted by Gasteiger charge is 2.38. The van der Waals surface area contributed by atoms with Crippen LogP contribution in [0.5, 0.6) is 0 Å². The number of hydrogen-bond donors (Lipinski definition) is 2. The van der Waals surface area contributed by atoms with Crippen LogP contribution in [0.2, 0.25) is 5.02 Å². The molecular weight excluding hydrogens is 493 g/mol. The molecule has 2 N–H and O–H groups in total. The van der Waals surface area contributed by atoms with Gasteiger partial charge in [-0.25, -0.2) is 22.1 Å². The Morgan fingerprint density at radius 3 is 2.50 bits per heavy atom. The Balaban J connectivity index is 0.00000280. The van der Waals surface area contributed by atoms with E-state index in [-0.39, 0.29) is 38.5 Å². The van der Waals surface area contributed by atoms with Crippen LogP contribution in [0.4, 0.5) is 10.1 Å². The van der Waals surface area contributed by atoms with E-state index in [4.69, 9.17) is 11.6 Å². The Hall–Kier alpha value is -1.17. The Morgan fingerprint density at radius 2 is 1.89 bits per heavy atom. The fourth-order valence-corrected chi connectivity index (χ4v) is 4.81. The first-order valence-corrected chi connectivity index (χ1v) is 10.6. The topological polar surface area (TPSA) is 82.0 Å². The van der Waals surface area contributed by atoms with Gasteiger partial charge in [0, 0.05) is 19.7 Å². The van der Waals surface area contributed by atoms with Gasteiger partial charge in [0.2, 0.25) is 10.0 Å². The highest BCUT2D eigenvalue weighted by atomic mass is 79.9. The Morgan fingerprint density at radius 1 is 1.25 bits per heavy atom. The molecule has 1 atom stereocenters. The summed E-state index contributed by atoms with van der Waals surface area (Å²) in [7, 11) is -0.949. The van der Waals surface area contributed by atoms with Crippen LogP contribution in [-0.2, 0) is 15.7 Å². The van der Waals surface area contributed by atoms with Gasteiger partial charge >= 0.3 is 0 Å². The van der Waals surface area contributed by atoms with E-state index in [1.807, 2.05) is 0 Å². The van der Waals surface area contributed by atoms with E-state index < -0.39 is 15.7 Å². The monoisotopic (exact) mass is 509 g/mol. The second kappa shape index (κ2) is 8.68. The number of amidine groups is 1. The molecule has 0 aromatic heterocycles. The molecule has 2 aromatic carbocycles. The Labute approximate surface area is 182 Å². The lowest BCUT2D eigenvalue weighted by molar-refractivity contribution is 0.0510. The number of thioether (sulfide) groups is 1. The summed E-state index contributed by atoms with van der Waals surface area (Å²) in [5, 5.41) is 14.4. The van der Waals surface area contributed by atoms with Crippen LogP contribution in [0, 0.1) is 5.82 Å². The van der Waals surface area contributed by atoms with Gasteiger partial charge in [0.1, 0.15) is 10.7 Å². The van der Waals surface area contributed by atoms with E-state index in [2.05, 4.69) is 10.3 Å². The van der Waals surface area contributed by atoms with Crippen molar-refractivity contribution in [1.29, 1.82) is 0 Å². The molecule has 0 amide bonds. The van der Waals surface area contributed by atoms with E-state index in [0.29, 0.717) is 16.4 Å². The van der Waals surface area contributed by atoms with Crippen molar-refractivity contribution in [3.05, 3.63) is 58.9 Å². The third-order valence-corrected chi connectivity index (χ3v) is 7.28. The molecule has 0 bridgehead atoms. The van der Waals surface area contributed by atoms with Gasteiger partial charge < -0.3 is 10.4 Å². The minimum atomic E-state index is -3.76. The number of aliphatic hydroxyl groups is 1. The van der Waals surface area contributed by atoms with Crippen LogP contribution >= 0.6 is 40.3 Å². The summed E-state index contributed by atoms with van der Waals surface area (Å²) < 4.78 is 38.9. The Bertz CT molecular complexity index is 1000. The molecule has 0 radical (unpaired) electrons. The molecule has 0 aliphatic carbocycles. The molecule has 2 aromatic rings. The third-order valence-electron chi connectivity index (χ3n) is 3.96. The summed E-state index contributed by atoms with van der Waals surface area (Å²) in [6.07, 6.45) is 0. The lowest BCUT2D eigenvalue weighted by Gasteiger charge is -2.24. The highest BCUT2D eigenvalue weighted by Crippen LogP contribution is 2.34. The van der Waals surface area contributed by atoms with Gasteiger partial charge in [-0.15, -0.1) is 17.0 Å². The number of nitrogens with zero attached hydrogens (tertiary/aromatic N) is 2. The molecule has 0 spiro atoms. The molecule has 1 aliphatic heterocycles. The van der Waals surface area contributed by atoms with Crippen LogP contribution < -0.4 is 5.32 Å². The minimum absolute atomic E-state index is 0. The predicted octanol–water partition coefficient (Wildman–Crippen LogP) is 3.48. The fourth-order valence-electron chi connectivity index (χ4n) is 2.43. The van der Waals surface area contributed by atoms with Crippen molar-refractivity contribution >= 4 is 61.2 Å². The van der Waals surface area contributed by atoms with E-state index in [0.717, 1.165) is 4.31 Å². The second-order valence-corrected chi connectivity index (χ2v) is 9.59. The SMILES string of the molecule is Br.CN(C)S(=O)(=O)c1cc(C2(O)CS/C(=N/c3ccc(F)cc3)N2)ccc1Cl. The van der Waals surface area contributed by atoms with Gasteiger partial charge in [-0.1, -0.05) is 29.4 Å². The lowest BCUT2D eigenvalue weighted by Crippen LogP contribution is -2.40. The minimum Gasteiger partial charge on any atom is -0.366 e. The van der Waals surface area contributed by atoms with Gasteiger partial charge in [-0.3, -0.25) is 0 Å². The van der Waals surface area contributed by atoms with Crippen molar-refractivity contribution in [2.45, 2.75) is 10.6 Å². The molecule has 28 heavy (non-hydrogen) atoms. The number of aliphatic imine (C=N–C) groups is 1. The van der Waals surface area contributed by atoms with Gasteiger partial charge in [-0.05, 0) is 36.4 Å². The first-order valence-electron chi connectivity index (χ1n) is 7.82. The van der Waals surface area contributed by atoms with Crippen LogP contribution in [0.1, 0.15) is 5.56 Å². The van der Waals surface area contributed by atoms with Gasteiger partial charge in [0.15, 0.2) is 10.9 Å². The summed E-state index contributed by atoms with van der Waals surface area (Å²) in [6, 6.07) is 9.98. The van der Waals surface area contributed by atoms with E-state index in [9.17, 15) is 17.9 Å². The number of nitrogens with one attached hydrogen (secondary N) is 1. The maximum absolute atomic E-state index is 13.0. The predicted molar refractivity (Wildman–Crippen MR) is 116 cm³/mol. The molecule has 1 fully saturated rings. The van der Waals surface area contributed by atoms with E-state index in [1.54, 1.807) is 6.07 Å². The largest absolute Gasteiger partial charge is 0.366 e. The number of benzene rings is 2. The molecule has 0 saturated carbocycles. The summed E-state index contributed by atoms with van der Waals surface area (Å²) in [6.45, 7) is 0. The van der Waals surface area contributed by atoms with Gasteiger partial charge in [-0.2, -0.15) is 0 Å². The molecule has 1 saturated heterocycles. The quantitative estimate of drug-likeness (QED) is 0.658. The zero-order valence-corrected chi connectivity index (χ0v) is 19.0. The molecule has 11 heteroatoms. The molecule has 1 heterocycles. The van der Waals surface area contributed by atoms with Crippen molar-refractivity contribution in [1.82, 2.24) is 9.62 Å². The van der Waals surface area contributed by atoms with Crippen LogP contribution in [0.15, 0.2) is 52.4 Å². The number of halogens is 3. The van der Waals surface area contributed by atoms with Crippen molar-refractivity contribution in [3.8, 4) is 0 Å². The fraction of sp³-hybridized carbons (Fsp3) is 0.235. The van der Waals surface area contributed by atoms with Crippen molar-refractivity contribution in [2.75, 3.05) is 19.8 Å². The summed E-state index contributed by atoms with van der Waals surface area (Å²) >= 11 is 7.33. The van der Waals surface area contributed by atoms with Crippen LogP contribution in [0.25, 0.3) is 0 Å². The van der Waals surface area contributed by atoms with Crippen molar-refractivity contribution in [3.63, 3.8) is 0 Å². The van der Waals surface area contributed by atoms with E-state index in [1.165, 1.54) is 62.3 Å². The highest BCUT2D eigenvalue weighted by molar-refractivity contribution is 8.93. The number of rotatable bonds is 4.